The zero-order valence-electron chi connectivity index (χ0n) is 16.4. The first-order valence-corrected chi connectivity index (χ1v) is 11.0. The molecule has 1 N–H and O–H groups in total. The summed E-state index contributed by atoms with van der Waals surface area (Å²) in [6, 6.07) is 13.2. The molecule has 1 saturated heterocycles. The van der Waals surface area contributed by atoms with Crippen molar-refractivity contribution in [2.24, 2.45) is 0 Å². The number of H-pyrrole nitrogens is 1. The summed E-state index contributed by atoms with van der Waals surface area (Å²) in [5, 5.41) is 1.46. The van der Waals surface area contributed by atoms with E-state index in [4.69, 9.17) is 21.0 Å². The van der Waals surface area contributed by atoms with Gasteiger partial charge in [0.25, 0.3) is 5.56 Å². The predicted octanol–water partition coefficient (Wildman–Crippen LogP) is 4.42. The Kier molecular flexibility index (Phi) is 5.14. The minimum absolute atomic E-state index is 0.239. The standard InChI is InChI=1S/C22H20BrClN4O2/c1-27-8-10-28(11-9-27)19(14-4-2-3-5-16(14)24)21-25-18-15-12-13(23)6-7-17(15)30-20(18)22(29)26-21/h2-7,12,19H,8-11H2,1H3,(H,25,26,29). The molecule has 0 aliphatic carbocycles. The maximum atomic E-state index is 12.9. The second-order valence-electron chi connectivity index (χ2n) is 7.63. The minimum atomic E-state index is -0.284. The van der Waals surface area contributed by atoms with Crippen LogP contribution < -0.4 is 5.56 Å². The number of aromatic amines is 1. The van der Waals surface area contributed by atoms with Crippen molar-refractivity contribution in [3.05, 3.63) is 73.7 Å². The summed E-state index contributed by atoms with van der Waals surface area (Å²) in [4.78, 5) is 25.4. The number of fused-ring (bicyclic) bond motifs is 3. The second-order valence-corrected chi connectivity index (χ2v) is 8.96. The lowest BCUT2D eigenvalue weighted by Crippen LogP contribution is -2.46. The van der Waals surface area contributed by atoms with Gasteiger partial charge in [0, 0.05) is 41.1 Å². The van der Waals surface area contributed by atoms with E-state index in [-0.39, 0.29) is 17.2 Å². The van der Waals surface area contributed by atoms with Crippen LogP contribution in [0.15, 0.2) is 56.1 Å². The molecular weight excluding hydrogens is 468 g/mol. The van der Waals surface area contributed by atoms with E-state index < -0.39 is 0 Å². The van der Waals surface area contributed by atoms with Crippen LogP contribution >= 0.6 is 27.5 Å². The van der Waals surface area contributed by atoms with Gasteiger partial charge in [-0.05, 0) is 36.9 Å². The van der Waals surface area contributed by atoms with Crippen LogP contribution in [0.5, 0.6) is 0 Å². The van der Waals surface area contributed by atoms with Crippen LogP contribution in [-0.2, 0) is 0 Å². The van der Waals surface area contributed by atoms with E-state index in [1.165, 1.54) is 0 Å². The van der Waals surface area contributed by atoms with E-state index in [1.807, 2.05) is 42.5 Å². The fraction of sp³-hybridized carbons (Fsp3) is 0.273. The molecule has 1 atom stereocenters. The van der Waals surface area contributed by atoms with Crippen molar-refractivity contribution >= 4 is 49.6 Å². The van der Waals surface area contributed by atoms with Gasteiger partial charge in [0.15, 0.2) is 0 Å². The number of piperazine rings is 1. The Morgan fingerprint density at radius 1 is 1.17 bits per heavy atom. The summed E-state index contributed by atoms with van der Waals surface area (Å²) in [5.41, 5.74) is 2.09. The monoisotopic (exact) mass is 486 g/mol. The third-order valence-electron chi connectivity index (χ3n) is 5.67. The number of likely N-dealkylation sites (N-methyl/N-ethyl adjacent to an activating group) is 1. The van der Waals surface area contributed by atoms with Crippen molar-refractivity contribution in [2.45, 2.75) is 6.04 Å². The number of hydrogen-bond donors (Lipinski definition) is 1. The zero-order chi connectivity index (χ0) is 20.8. The number of aromatic nitrogens is 2. The molecule has 2 aromatic carbocycles. The largest absolute Gasteiger partial charge is 0.449 e. The molecular formula is C22H20BrClN4O2. The molecule has 1 aliphatic rings. The number of hydrogen-bond acceptors (Lipinski definition) is 5. The molecule has 1 aliphatic heterocycles. The Morgan fingerprint density at radius 2 is 1.93 bits per heavy atom. The number of nitrogens with zero attached hydrogens (tertiary/aromatic N) is 3. The normalized spacial score (nSPS) is 17.0. The summed E-state index contributed by atoms with van der Waals surface area (Å²) >= 11 is 10.1. The third-order valence-corrected chi connectivity index (χ3v) is 6.50. The van der Waals surface area contributed by atoms with Crippen molar-refractivity contribution in [1.29, 1.82) is 0 Å². The molecule has 3 heterocycles. The SMILES string of the molecule is CN1CCN(C(c2nc3c(oc4ccc(Br)cc43)c(=O)[nH]2)c2ccccc2Cl)CC1. The van der Waals surface area contributed by atoms with Gasteiger partial charge in [-0.2, -0.15) is 0 Å². The highest BCUT2D eigenvalue weighted by molar-refractivity contribution is 9.10. The summed E-state index contributed by atoms with van der Waals surface area (Å²) in [5.74, 6) is 0.577. The van der Waals surface area contributed by atoms with Gasteiger partial charge in [-0.3, -0.25) is 9.69 Å². The average Bonchev–Trinajstić information content (AvgIpc) is 3.10. The number of rotatable bonds is 3. The van der Waals surface area contributed by atoms with Crippen molar-refractivity contribution in [3.8, 4) is 0 Å². The van der Waals surface area contributed by atoms with Gasteiger partial charge < -0.3 is 14.3 Å². The topological polar surface area (TPSA) is 65.4 Å². The molecule has 0 amide bonds. The van der Waals surface area contributed by atoms with E-state index in [0.29, 0.717) is 21.9 Å². The highest BCUT2D eigenvalue weighted by Gasteiger charge is 2.30. The highest BCUT2D eigenvalue weighted by atomic mass is 79.9. The maximum absolute atomic E-state index is 12.9. The minimum Gasteiger partial charge on any atom is -0.449 e. The molecule has 154 valence electrons. The van der Waals surface area contributed by atoms with Gasteiger partial charge in [0.1, 0.15) is 16.9 Å². The van der Waals surface area contributed by atoms with Crippen LogP contribution in [0.1, 0.15) is 17.4 Å². The van der Waals surface area contributed by atoms with Gasteiger partial charge in [-0.1, -0.05) is 45.7 Å². The molecule has 0 bridgehead atoms. The first kappa shape index (κ1) is 19.8. The molecule has 0 saturated carbocycles. The summed E-state index contributed by atoms with van der Waals surface area (Å²) in [6.07, 6.45) is 0. The van der Waals surface area contributed by atoms with Crippen molar-refractivity contribution in [2.75, 3.05) is 33.2 Å². The summed E-state index contributed by atoms with van der Waals surface area (Å²) in [6.45, 7) is 3.58. The Labute approximate surface area is 186 Å². The fourth-order valence-corrected chi connectivity index (χ4v) is 4.67. The third kappa shape index (κ3) is 3.46. The molecule has 30 heavy (non-hydrogen) atoms. The predicted molar refractivity (Wildman–Crippen MR) is 122 cm³/mol. The fourth-order valence-electron chi connectivity index (χ4n) is 4.07. The lowest BCUT2D eigenvalue weighted by Gasteiger charge is -2.37. The smallest absolute Gasteiger partial charge is 0.294 e. The zero-order valence-corrected chi connectivity index (χ0v) is 18.7. The lowest BCUT2D eigenvalue weighted by molar-refractivity contribution is 0.124. The van der Waals surface area contributed by atoms with Gasteiger partial charge in [0.05, 0.1) is 6.04 Å². The molecule has 4 aromatic rings. The van der Waals surface area contributed by atoms with E-state index in [2.05, 4.69) is 37.8 Å². The van der Waals surface area contributed by atoms with Gasteiger partial charge in [-0.25, -0.2) is 4.98 Å². The molecule has 0 spiro atoms. The average molecular weight is 488 g/mol. The van der Waals surface area contributed by atoms with E-state index >= 15 is 0 Å². The van der Waals surface area contributed by atoms with Crippen LogP contribution in [0.4, 0.5) is 0 Å². The van der Waals surface area contributed by atoms with Crippen LogP contribution in [0.2, 0.25) is 5.02 Å². The first-order valence-electron chi connectivity index (χ1n) is 9.80. The maximum Gasteiger partial charge on any atom is 0.294 e. The quantitative estimate of drug-likeness (QED) is 0.463. The number of benzene rings is 2. The van der Waals surface area contributed by atoms with Crippen LogP contribution in [0, 0.1) is 0 Å². The molecule has 0 radical (unpaired) electrons. The Balaban J connectivity index is 1.72. The van der Waals surface area contributed by atoms with Crippen molar-refractivity contribution in [3.63, 3.8) is 0 Å². The van der Waals surface area contributed by atoms with Crippen molar-refractivity contribution in [1.82, 2.24) is 19.8 Å². The number of nitrogens with one attached hydrogen (secondary N) is 1. The Morgan fingerprint density at radius 3 is 2.70 bits per heavy atom. The molecule has 1 unspecified atom stereocenters. The summed E-state index contributed by atoms with van der Waals surface area (Å²) < 4.78 is 6.69. The van der Waals surface area contributed by atoms with E-state index in [0.717, 1.165) is 41.6 Å². The van der Waals surface area contributed by atoms with Gasteiger partial charge >= 0.3 is 0 Å². The van der Waals surface area contributed by atoms with Gasteiger partial charge in [0.2, 0.25) is 5.58 Å². The molecule has 1 fully saturated rings. The molecule has 5 rings (SSSR count). The highest BCUT2D eigenvalue weighted by Crippen LogP contribution is 2.34. The number of halogens is 2. The molecule has 8 heteroatoms. The molecule has 2 aromatic heterocycles. The van der Waals surface area contributed by atoms with Crippen molar-refractivity contribution < 1.29 is 4.42 Å². The summed E-state index contributed by atoms with van der Waals surface area (Å²) in [7, 11) is 2.11. The Bertz CT molecular complexity index is 1290. The Hall–Kier alpha value is -2.19. The first-order chi connectivity index (χ1) is 14.5. The molecule has 6 nitrogen and oxygen atoms in total. The van der Waals surface area contributed by atoms with E-state index in [1.54, 1.807) is 0 Å². The van der Waals surface area contributed by atoms with Crippen LogP contribution in [0.25, 0.3) is 22.1 Å². The lowest BCUT2D eigenvalue weighted by atomic mass is 10.0. The van der Waals surface area contributed by atoms with E-state index in [9.17, 15) is 4.79 Å². The van der Waals surface area contributed by atoms with Gasteiger partial charge in [-0.15, -0.1) is 0 Å². The number of furan rings is 1. The van der Waals surface area contributed by atoms with Crippen LogP contribution in [0.3, 0.4) is 0 Å². The second kappa shape index (κ2) is 7.81. The van der Waals surface area contributed by atoms with Crippen LogP contribution in [-0.4, -0.2) is 53.0 Å².